The van der Waals surface area contributed by atoms with Gasteiger partial charge in [-0.2, -0.15) is 5.06 Å². The highest BCUT2D eigenvalue weighted by molar-refractivity contribution is 5.84. The number of amides is 2. The van der Waals surface area contributed by atoms with E-state index in [1.165, 1.54) is 5.06 Å². The number of carbonyl (C=O) groups excluding carboxylic acids is 1. The van der Waals surface area contributed by atoms with E-state index in [-0.39, 0.29) is 12.1 Å². The van der Waals surface area contributed by atoms with Crippen molar-refractivity contribution in [2.75, 3.05) is 19.7 Å². The van der Waals surface area contributed by atoms with Crippen molar-refractivity contribution in [1.82, 2.24) is 14.9 Å². The SMILES string of the molecule is C=CCON1C(=O)N2CC=C(c3cccnc3)C1C2. The number of fused-ring (bicyclic) bond motifs is 2. The molecule has 2 amide bonds. The Hall–Kier alpha value is -2.14. The van der Waals surface area contributed by atoms with E-state index >= 15 is 0 Å². The van der Waals surface area contributed by atoms with Crippen molar-refractivity contribution in [3.8, 4) is 0 Å². The number of hydrogen-bond donors (Lipinski definition) is 0. The lowest BCUT2D eigenvalue weighted by molar-refractivity contribution is -0.105. The molecule has 0 spiro atoms. The molecule has 19 heavy (non-hydrogen) atoms. The van der Waals surface area contributed by atoms with Gasteiger partial charge >= 0.3 is 6.03 Å². The summed E-state index contributed by atoms with van der Waals surface area (Å²) < 4.78 is 0. The Bertz CT molecular complexity index is 527. The minimum absolute atomic E-state index is 0.0644. The van der Waals surface area contributed by atoms with Crippen molar-refractivity contribution in [2.24, 2.45) is 0 Å². The van der Waals surface area contributed by atoms with Gasteiger partial charge in [-0.25, -0.2) is 4.79 Å². The van der Waals surface area contributed by atoms with Crippen LogP contribution in [0.2, 0.25) is 0 Å². The monoisotopic (exact) mass is 257 g/mol. The minimum Gasteiger partial charge on any atom is -0.317 e. The summed E-state index contributed by atoms with van der Waals surface area (Å²) in [6.07, 6.45) is 7.26. The predicted octanol–water partition coefficient (Wildman–Crippen LogP) is 1.70. The molecule has 98 valence electrons. The standard InChI is InChI=1S/C14H15N3O2/c1-2-8-19-17-13-10-16(14(17)18)7-5-12(13)11-4-3-6-15-9-11/h2-6,9,13H,1,7-8,10H2. The Morgan fingerprint density at radius 1 is 1.58 bits per heavy atom. The Labute approximate surface area is 111 Å². The van der Waals surface area contributed by atoms with Gasteiger partial charge in [0.1, 0.15) is 6.04 Å². The minimum atomic E-state index is -0.0815. The lowest BCUT2D eigenvalue weighted by atomic mass is 9.98. The van der Waals surface area contributed by atoms with Gasteiger partial charge in [-0.15, -0.1) is 6.58 Å². The summed E-state index contributed by atoms with van der Waals surface area (Å²) in [6.45, 7) is 5.22. The molecule has 1 fully saturated rings. The molecule has 0 saturated carbocycles. The van der Waals surface area contributed by atoms with Gasteiger partial charge in [-0.3, -0.25) is 9.82 Å². The van der Waals surface area contributed by atoms with Crippen molar-refractivity contribution in [2.45, 2.75) is 6.04 Å². The van der Waals surface area contributed by atoms with Crippen LogP contribution < -0.4 is 0 Å². The van der Waals surface area contributed by atoms with Crippen molar-refractivity contribution >= 4 is 11.6 Å². The van der Waals surface area contributed by atoms with E-state index in [4.69, 9.17) is 4.84 Å². The summed E-state index contributed by atoms with van der Waals surface area (Å²) in [5.41, 5.74) is 2.13. The Morgan fingerprint density at radius 2 is 2.47 bits per heavy atom. The molecule has 2 aliphatic heterocycles. The maximum atomic E-state index is 12.1. The molecule has 2 aliphatic rings. The van der Waals surface area contributed by atoms with Gasteiger partial charge in [0.05, 0.1) is 13.2 Å². The molecule has 0 aliphatic carbocycles. The third-order valence-electron chi connectivity index (χ3n) is 3.35. The zero-order chi connectivity index (χ0) is 13.2. The molecule has 3 rings (SSSR count). The maximum Gasteiger partial charge on any atom is 0.344 e. The summed E-state index contributed by atoms with van der Waals surface area (Å²) >= 11 is 0. The molecule has 2 bridgehead atoms. The highest BCUT2D eigenvalue weighted by Crippen LogP contribution is 2.32. The lowest BCUT2D eigenvalue weighted by Crippen LogP contribution is -2.34. The van der Waals surface area contributed by atoms with E-state index < -0.39 is 0 Å². The molecular formula is C14H15N3O2. The van der Waals surface area contributed by atoms with Gasteiger partial charge in [-0.1, -0.05) is 18.2 Å². The molecule has 3 heterocycles. The van der Waals surface area contributed by atoms with Gasteiger partial charge in [0.15, 0.2) is 0 Å². The van der Waals surface area contributed by atoms with Crippen LogP contribution in [0, 0.1) is 0 Å². The van der Waals surface area contributed by atoms with E-state index in [0.717, 1.165) is 11.1 Å². The molecule has 0 radical (unpaired) electrons. The summed E-state index contributed by atoms with van der Waals surface area (Å²) in [6, 6.07) is 3.75. The van der Waals surface area contributed by atoms with Crippen molar-refractivity contribution in [3.05, 3.63) is 48.8 Å². The topological polar surface area (TPSA) is 45.7 Å². The van der Waals surface area contributed by atoms with Crippen LogP contribution in [0.5, 0.6) is 0 Å². The summed E-state index contributed by atoms with van der Waals surface area (Å²) in [5, 5.41) is 1.45. The summed E-state index contributed by atoms with van der Waals surface area (Å²) in [5.74, 6) is 0. The van der Waals surface area contributed by atoms with Crippen LogP contribution in [0.4, 0.5) is 4.79 Å². The summed E-state index contributed by atoms with van der Waals surface area (Å²) in [7, 11) is 0. The number of rotatable bonds is 4. The van der Waals surface area contributed by atoms with Crippen LogP contribution in [0.1, 0.15) is 5.56 Å². The van der Waals surface area contributed by atoms with Crippen LogP contribution >= 0.6 is 0 Å². The zero-order valence-electron chi connectivity index (χ0n) is 10.5. The molecule has 1 aromatic heterocycles. The quantitative estimate of drug-likeness (QED) is 0.771. The first-order valence-corrected chi connectivity index (χ1v) is 6.23. The number of pyridine rings is 1. The molecule has 0 aromatic carbocycles. The van der Waals surface area contributed by atoms with Crippen molar-refractivity contribution in [1.29, 1.82) is 0 Å². The smallest absolute Gasteiger partial charge is 0.317 e. The Balaban J connectivity index is 1.89. The fraction of sp³-hybridized carbons (Fsp3) is 0.286. The van der Waals surface area contributed by atoms with Crippen LogP contribution in [0.15, 0.2) is 43.3 Å². The van der Waals surface area contributed by atoms with Gasteiger partial charge in [0.25, 0.3) is 0 Å². The second kappa shape index (κ2) is 4.85. The van der Waals surface area contributed by atoms with E-state index in [2.05, 4.69) is 17.6 Å². The second-order valence-electron chi connectivity index (χ2n) is 4.51. The van der Waals surface area contributed by atoms with Crippen LogP contribution in [-0.4, -0.2) is 46.7 Å². The first-order chi connectivity index (χ1) is 9.31. The number of hydroxylamine groups is 2. The first kappa shape index (κ1) is 11.9. The largest absolute Gasteiger partial charge is 0.344 e. The highest BCUT2D eigenvalue weighted by atomic mass is 16.7. The van der Waals surface area contributed by atoms with E-state index in [1.807, 2.05) is 18.3 Å². The normalized spacial score (nSPS) is 21.6. The van der Waals surface area contributed by atoms with Crippen LogP contribution in [-0.2, 0) is 4.84 Å². The fourth-order valence-corrected chi connectivity index (χ4v) is 2.48. The van der Waals surface area contributed by atoms with Crippen molar-refractivity contribution in [3.63, 3.8) is 0 Å². The molecule has 1 atom stereocenters. The number of nitrogens with zero attached hydrogens (tertiary/aromatic N) is 3. The highest BCUT2D eigenvalue weighted by Gasteiger charge is 2.42. The Morgan fingerprint density at radius 3 is 3.21 bits per heavy atom. The molecule has 5 heteroatoms. The number of hydrogen-bond acceptors (Lipinski definition) is 3. The average Bonchev–Trinajstić information content (AvgIpc) is 2.70. The van der Waals surface area contributed by atoms with Crippen molar-refractivity contribution < 1.29 is 9.63 Å². The maximum absolute atomic E-state index is 12.1. The molecule has 1 saturated heterocycles. The molecule has 1 unspecified atom stereocenters. The second-order valence-corrected chi connectivity index (χ2v) is 4.51. The molecule has 0 N–H and O–H groups in total. The van der Waals surface area contributed by atoms with Gasteiger partial charge in [-0.05, 0) is 17.2 Å². The summed E-state index contributed by atoms with van der Waals surface area (Å²) in [4.78, 5) is 23.5. The van der Waals surface area contributed by atoms with Gasteiger partial charge in [0.2, 0.25) is 0 Å². The third-order valence-corrected chi connectivity index (χ3v) is 3.35. The first-order valence-electron chi connectivity index (χ1n) is 6.23. The zero-order valence-corrected chi connectivity index (χ0v) is 10.5. The van der Waals surface area contributed by atoms with E-state index in [0.29, 0.717) is 19.7 Å². The fourth-order valence-electron chi connectivity index (χ4n) is 2.48. The molecule has 1 aromatic rings. The number of carbonyl (C=O) groups is 1. The van der Waals surface area contributed by atoms with Gasteiger partial charge < -0.3 is 4.90 Å². The van der Waals surface area contributed by atoms with Crippen LogP contribution in [0.3, 0.4) is 0 Å². The Kier molecular flexibility index (Phi) is 3.05. The van der Waals surface area contributed by atoms with E-state index in [1.54, 1.807) is 17.2 Å². The number of aromatic nitrogens is 1. The lowest BCUT2D eigenvalue weighted by Gasteiger charge is -2.24. The number of urea groups is 1. The molecule has 5 nitrogen and oxygen atoms in total. The third kappa shape index (κ3) is 2.02. The predicted molar refractivity (Wildman–Crippen MR) is 71.0 cm³/mol. The molecular weight excluding hydrogens is 242 g/mol. The van der Waals surface area contributed by atoms with Crippen LogP contribution in [0.25, 0.3) is 5.57 Å². The van der Waals surface area contributed by atoms with Gasteiger partial charge in [0, 0.05) is 18.9 Å². The van der Waals surface area contributed by atoms with E-state index in [9.17, 15) is 4.79 Å². The average molecular weight is 257 g/mol.